The summed E-state index contributed by atoms with van der Waals surface area (Å²) in [5, 5.41) is 14.0. The van der Waals surface area contributed by atoms with E-state index >= 15 is 0 Å². The first-order chi connectivity index (χ1) is 8.08. The van der Waals surface area contributed by atoms with E-state index < -0.39 is 10.0 Å². The predicted octanol–water partition coefficient (Wildman–Crippen LogP) is 0.270. The van der Waals surface area contributed by atoms with Crippen molar-refractivity contribution < 1.29 is 18.5 Å². The second-order valence-electron chi connectivity index (χ2n) is 3.18. The fourth-order valence-electron chi connectivity index (χ4n) is 1.07. The predicted molar refractivity (Wildman–Crippen MR) is 66.7 cm³/mol. The molecule has 5 nitrogen and oxygen atoms in total. The van der Waals surface area contributed by atoms with Crippen LogP contribution in [0, 0.1) is 0 Å². The highest BCUT2D eigenvalue weighted by molar-refractivity contribution is 7.89. The summed E-state index contributed by atoms with van der Waals surface area (Å²) >= 11 is 0. The maximum absolute atomic E-state index is 11.6. The van der Waals surface area contributed by atoms with Gasteiger partial charge in [0, 0.05) is 6.54 Å². The van der Waals surface area contributed by atoms with Crippen molar-refractivity contribution >= 4 is 17.7 Å². The van der Waals surface area contributed by atoms with Gasteiger partial charge in [-0.1, -0.05) is 31.5 Å². The van der Waals surface area contributed by atoms with Gasteiger partial charge in [-0.25, -0.2) is 13.1 Å². The van der Waals surface area contributed by atoms with Crippen LogP contribution in [0.1, 0.15) is 19.8 Å². The quantitative estimate of drug-likeness (QED) is 0.522. The third-order valence-electron chi connectivity index (χ3n) is 1.88. The van der Waals surface area contributed by atoms with Gasteiger partial charge in [0.15, 0.2) is 0 Å². The highest BCUT2D eigenvalue weighted by Gasteiger charge is 2.11. The molecule has 3 N–H and O–H groups in total. The Morgan fingerprint density at radius 1 is 1.24 bits per heavy atom. The van der Waals surface area contributed by atoms with Crippen molar-refractivity contribution in [3.63, 3.8) is 0 Å². The highest BCUT2D eigenvalue weighted by Crippen LogP contribution is 2.06. The maximum atomic E-state index is 11.6. The van der Waals surface area contributed by atoms with Gasteiger partial charge in [-0.05, 0) is 18.6 Å². The van der Waals surface area contributed by atoms with Crippen LogP contribution in [0.5, 0.6) is 0 Å². The van der Waals surface area contributed by atoms with Gasteiger partial charge in [0.2, 0.25) is 10.0 Å². The van der Waals surface area contributed by atoms with Gasteiger partial charge >= 0.3 is 7.69 Å². The average Bonchev–Trinajstić information content (AvgIpc) is 2.31. The lowest BCUT2D eigenvalue weighted by molar-refractivity contribution is 0.448. The van der Waals surface area contributed by atoms with Crippen LogP contribution in [0.2, 0.25) is 0 Å². The molecule has 0 spiro atoms. The molecule has 0 aromatic heterocycles. The van der Waals surface area contributed by atoms with Crippen LogP contribution in [0.25, 0.3) is 0 Å². The minimum Gasteiger partial charge on any atom is -0.429 e. The van der Waals surface area contributed by atoms with Gasteiger partial charge in [-0.3, -0.25) is 0 Å². The Hall–Kier alpha value is -0.885. The summed E-state index contributed by atoms with van der Waals surface area (Å²) in [4.78, 5) is 0.330. The number of hydrogen-bond acceptors (Lipinski definition) is 4. The van der Waals surface area contributed by atoms with Gasteiger partial charge in [0.1, 0.15) is 0 Å². The summed E-state index contributed by atoms with van der Waals surface area (Å²) in [6.07, 6.45) is 1.85. The smallest absolute Gasteiger partial charge is 0.429 e. The van der Waals surface area contributed by atoms with Crippen molar-refractivity contribution in [2.45, 2.75) is 24.7 Å². The van der Waals surface area contributed by atoms with E-state index in [4.69, 9.17) is 10.0 Å². The maximum Gasteiger partial charge on any atom is 0.482 e. The molecule has 1 rings (SSSR count). The fourth-order valence-corrected chi connectivity index (χ4v) is 2.16. The van der Waals surface area contributed by atoms with Crippen LogP contribution in [-0.2, 0) is 10.0 Å². The van der Waals surface area contributed by atoms with Gasteiger partial charge < -0.3 is 10.0 Å². The molecule has 1 aromatic rings. The second kappa shape index (κ2) is 9.18. The Morgan fingerprint density at radius 2 is 1.76 bits per heavy atom. The molecule has 0 atom stereocenters. The van der Waals surface area contributed by atoms with E-state index in [1.165, 1.54) is 0 Å². The Bertz CT molecular complexity index is 383. The average molecular weight is 258 g/mol. The molecule has 95 valence electrons. The first-order valence-corrected chi connectivity index (χ1v) is 6.71. The molecule has 0 saturated heterocycles. The van der Waals surface area contributed by atoms with E-state index in [2.05, 4.69) is 4.72 Å². The summed E-state index contributed by atoms with van der Waals surface area (Å²) in [6, 6.07) is 8.41. The van der Waals surface area contributed by atoms with Crippen molar-refractivity contribution in [3.05, 3.63) is 30.3 Å². The van der Waals surface area contributed by atoms with Crippen LogP contribution < -0.4 is 4.72 Å². The number of hydrogen-bond donors (Lipinski definition) is 3. The first-order valence-electron chi connectivity index (χ1n) is 5.23. The standard InChI is InChI=1S/C10H15NO2S.BH2O2/c1-2-3-9-11-14(12,13)10-7-5-4-6-8-10;2-1-3/h4-8,11H,2-3,9H2,1H3;2-3H. The highest BCUT2D eigenvalue weighted by atomic mass is 32.2. The Kier molecular flexibility index (Phi) is 8.70. The molecule has 0 unspecified atom stereocenters. The normalized spacial score (nSPS) is 10.3. The van der Waals surface area contributed by atoms with Crippen LogP contribution in [-0.4, -0.2) is 32.7 Å². The molecule has 0 heterocycles. The van der Waals surface area contributed by atoms with Gasteiger partial charge in [-0.2, -0.15) is 0 Å². The molecule has 0 aliphatic carbocycles. The third-order valence-corrected chi connectivity index (χ3v) is 3.35. The minimum absolute atomic E-state index is 0. The van der Waals surface area contributed by atoms with Crippen molar-refractivity contribution in [2.75, 3.05) is 6.54 Å². The third kappa shape index (κ3) is 7.12. The number of benzene rings is 1. The Balaban J connectivity index is 0.000000770. The van der Waals surface area contributed by atoms with E-state index in [9.17, 15) is 8.42 Å². The summed E-state index contributed by atoms with van der Waals surface area (Å²) < 4.78 is 25.7. The number of rotatable bonds is 5. The van der Waals surface area contributed by atoms with Gasteiger partial charge in [0.25, 0.3) is 0 Å². The summed E-state index contributed by atoms with van der Waals surface area (Å²) in [5.41, 5.74) is 0. The molecule has 0 saturated carbocycles. The largest absolute Gasteiger partial charge is 0.482 e. The second-order valence-corrected chi connectivity index (χ2v) is 4.95. The lowest BCUT2D eigenvalue weighted by atomic mass is 10.3. The van der Waals surface area contributed by atoms with E-state index in [1.54, 1.807) is 30.3 Å². The van der Waals surface area contributed by atoms with E-state index in [0.29, 0.717) is 11.4 Å². The molecule has 7 heteroatoms. The van der Waals surface area contributed by atoms with Crippen molar-refractivity contribution in [1.82, 2.24) is 4.72 Å². The van der Waals surface area contributed by atoms with Crippen molar-refractivity contribution in [3.8, 4) is 0 Å². The molecule has 0 aliphatic rings. The molecular weight excluding hydrogens is 241 g/mol. The molecule has 0 aliphatic heterocycles. The Morgan fingerprint density at radius 3 is 2.24 bits per heavy atom. The molecule has 1 radical (unpaired) electrons. The summed E-state index contributed by atoms with van der Waals surface area (Å²) in [5.74, 6) is 0. The first kappa shape index (κ1) is 16.1. The fraction of sp³-hybridized carbons (Fsp3) is 0.400. The summed E-state index contributed by atoms with van der Waals surface area (Å²) in [6.45, 7) is 2.53. The SMILES string of the molecule is CCCCNS(=O)(=O)c1ccccc1.O[B]O. The molecule has 0 fully saturated rings. The topological polar surface area (TPSA) is 86.6 Å². The molecule has 0 bridgehead atoms. The zero-order valence-corrected chi connectivity index (χ0v) is 10.5. The van der Waals surface area contributed by atoms with Crippen LogP contribution in [0.3, 0.4) is 0 Å². The monoisotopic (exact) mass is 258 g/mol. The summed E-state index contributed by atoms with van der Waals surface area (Å²) in [7, 11) is -3.28. The zero-order valence-electron chi connectivity index (χ0n) is 9.70. The van der Waals surface area contributed by atoms with Crippen molar-refractivity contribution in [2.24, 2.45) is 0 Å². The van der Waals surface area contributed by atoms with Crippen molar-refractivity contribution in [1.29, 1.82) is 0 Å². The number of unbranched alkanes of at least 4 members (excludes halogenated alkanes) is 1. The molecule has 17 heavy (non-hydrogen) atoms. The number of sulfonamides is 1. The lowest BCUT2D eigenvalue weighted by Crippen LogP contribution is -2.24. The molecular formula is C10H17BNO4S. The molecule has 1 aromatic carbocycles. The lowest BCUT2D eigenvalue weighted by Gasteiger charge is -2.04. The van der Waals surface area contributed by atoms with E-state index in [1.807, 2.05) is 6.92 Å². The number of nitrogens with one attached hydrogen (secondary N) is 1. The van der Waals surface area contributed by atoms with Crippen LogP contribution in [0.15, 0.2) is 35.2 Å². The zero-order chi connectivity index (χ0) is 13.1. The molecule has 0 amide bonds. The Labute approximate surface area is 103 Å². The minimum atomic E-state index is -3.28. The van der Waals surface area contributed by atoms with Crippen LogP contribution in [0.4, 0.5) is 0 Å². The van der Waals surface area contributed by atoms with E-state index in [-0.39, 0.29) is 7.69 Å². The van der Waals surface area contributed by atoms with Gasteiger partial charge in [-0.15, -0.1) is 0 Å². The van der Waals surface area contributed by atoms with Crippen LogP contribution >= 0.6 is 0 Å². The van der Waals surface area contributed by atoms with E-state index in [0.717, 1.165) is 12.8 Å². The van der Waals surface area contributed by atoms with Gasteiger partial charge in [0.05, 0.1) is 4.90 Å².